The maximum absolute atomic E-state index is 12.1. The van der Waals surface area contributed by atoms with Crippen LogP contribution < -0.4 is 15.4 Å². The largest absolute Gasteiger partial charge is 0.368 e. The average molecular weight is 265 g/mol. The Balaban J connectivity index is 2.04. The van der Waals surface area contributed by atoms with Crippen LogP contribution >= 0.6 is 0 Å². The second-order valence-corrected chi connectivity index (χ2v) is 6.51. The Morgan fingerprint density at radius 3 is 2.56 bits per heavy atom. The van der Waals surface area contributed by atoms with Gasteiger partial charge < -0.3 is 0 Å². The topological polar surface area (TPSA) is 88.0 Å². The molecule has 1 heterocycles. The van der Waals surface area contributed by atoms with E-state index in [0.717, 1.165) is 12.8 Å². The van der Waals surface area contributed by atoms with E-state index in [4.69, 9.17) is 0 Å². The van der Waals surface area contributed by atoms with Crippen molar-refractivity contribution in [3.05, 3.63) is 28.9 Å². The van der Waals surface area contributed by atoms with Crippen LogP contribution in [0.25, 0.3) is 0 Å². The van der Waals surface area contributed by atoms with Gasteiger partial charge in [0.1, 0.15) is 0 Å². The predicted molar refractivity (Wildman–Crippen MR) is 62.1 cm³/mol. The van der Waals surface area contributed by atoms with Crippen LogP contribution in [0.15, 0.2) is 33.1 Å². The van der Waals surface area contributed by atoms with E-state index in [0.29, 0.717) is 10.7 Å². The van der Waals surface area contributed by atoms with E-state index < -0.39 is 16.1 Å². The van der Waals surface area contributed by atoms with Gasteiger partial charge in [-0.15, -0.1) is 0 Å². The third kappa shape index (κ3) is 1.95. The lowest BCUT2D eigenvalue weighted by atomic mass is 10.3. The Labute approximate surface area is 104 Å². The molecule has 0 spiro atoms. The summed E-state index contributed by atoms with van der Waals surface area (Å²) in [6, 6.07) is 3.71. The summed E-state index contributed by atoms with van der Waals surface area (Å²) in [6.07, 6.45) is 1.69. The third-order valence-corrected chi connectivity index (χ3v) is 4.71. The van der Waals surface area contributed by atoms with Gasteiger partial charge in [-0.2, -0.15) is 9.98 Å². The minimum absolute atomic E-state index is 0.114. The lowest BCUT2D eigenvalue weighted by molar-refractivity contribution is 0.256. The van der Waals surface area contributed by atoms with Gasteiger partial charge in [0.05, 0.1) is 15.6 Å². The lowest BCUT2D eigenvalue weighted by Gasteiger charge is -2.11. The first-order chi connectivity index (χ1) is 8.38. The van der Waals surface area contributed by atoms with E-state index in [9.17, 15) is 13.2 Å². The summed E-state index contributed by atoms with van der Waals surface area (Å²) in [5.41, 5.74) is -0.324. The second-order valence-electron chi connectivity index (χ2n) is 4.82. The fourth-order valence-corrected chi connectivity index (χ4v) is 3.24. The molecule has 0 unspecified atom stereocenters. The molecule has 0 aromatic heterocycles. The Morgan fingerprint density at radius 2 is 1.89 bits per heavy atom. The first-order valence-corrected chi connectivity index (χ1v) is 7.02. The van der Waals surface area contributed by atoms with E-state index in [-0.39, 0.29) is 10.4 Å². The van der Waals surface area contributed by atoms with Gasteiger partial charge in [-0.3, -0.25) is 0 Å². The molecule has 1 N–H and O–H groups in total. The second kappa shape index (κ2) is 3.46. The molecule has 2 aliphatic rings. The number of carbonyl (C=O) groups is 1. The summed E-state index contributed by atoms with van der Waals surface area (Å²) in [7, 11) is -3.56. The van der Waals surface area contributed by atoms with E-state index >= 15 is 0 Å². The highest BCUT2D eigenvalue weighted by molar-refractivity contribution is 7.89. The average Bonchev–Trinajstić information content (AvgIpc) is 2.86. The molecule has 1 saturated carbocycles. The minimum atomic E-state index is -3.56. The van der Waals surface area contributed by atoms with Gasteiger partial charge in [0, 0.05) is 5.54 Å². The van der Waals surface area contributed by atoms with Gasteiger partial charge in [0.2, 0.25) is 10.0 Å². The van der Waals surface area contributed by atoms with Crippen molar-refractivity contribution in [2.75, 3.05) is 0 Å². The van der Waals surface area contributed by atoms with Crippen LogP contribution in [0.1, 0.15) is 19.8 Å². The van der Waals surface area contributed by atoms with E-state index in [2.05, 4.69) is 14.7 Å². The number of rotatable bonds is 3. The molecule has 6 nitrogen and oxygen atoms in total. The van der Waals surface area contributed by atoms with Crippen LogP contribution in [0, 0.1) is 0 Å². The van der Waals surface area contributed by atoms with Gasteiger partial charge in [-0.1, -0.05) is 0 Å². The monoisotopic (exact) mass is 265 g/mol. The fraction of sp³-hybridized carbons (Fsp3) is 0.364. The summed E-state index contributed by atoms with van der Waals surface area (Å²) < 4.78 is 26.8. The molecular weight excluding hydrogens is 254 g/mol. The smallest absolute Gasteiger partial charge is 0.244 e. The van der Waals surface area contributed by atoms with Gasteiger partial charge in [-0.25, -0.2) is 17.9 Å². The van der Waals surface area contributed by atoms with E-state index in [1.807, 2.05) is 6.92 Å². The molecule has 1 aromatic rings. The number of fused-ring (bicyclic) bond motifs is 1. The summed E-state index contributed by atoms with van der Waals surface area (Å²) in [4.78, 5) is 18.4. The standard InChI is InChI=1S/C11H11N3O3S/c1-11(4-5-11)14-18(16,17)7-2-3-8-9(6-7)13-10(15)12-8/h2-3,6,14H,4-5H2,1H3. The van der Waals surface area contributed by atoms with Crippen LogP contribution in [0.3, 0.4) is 0 Å². The van der Waals surface area contributed by atoms with Crippen LogP contribution in [0.2, 0.25) is 0 Å². The number of nitrogens with one attached hydrogen (secondary N) is 1. The molecular formula is C11H11N3O3S. The van der Waals surface area contributed by atoms with Gasteiger partial charge in [0.25, 0.3) is 0 Å². The molecule has 0 atom stereocenters. The summed E-state index contributed by atoms with van der Waals surface area (Å²) >= 11 is 0. The number of amides is 2. The first-order valence-electron chi connectivity index (χ1n) is 5.54. The van der Waals surface area contributed by atoms with Gasteiger partial charge in [-0.05, 0) is 38.0 Å². The molecule has 1 fully saturated rings. The highest BCUT2D eigenvalue weighted by atomic mass is 32.2. The van der Waals surface area contributed by atoms with Crippen molar-refractivity contribution in [1.29, 1.82) is 0 Å². The van der Waals surface area contributed by atoms with Crippen molar-refractivity contribution < 1.29 is 13.2 Å². The summed E-state index contributed by atoms with van der Waals surface area (Å²) in [5.74, 6) is 0. The van der Waals surface area contributed by atoms with E-state index in [1.54, 1.807) is 0 Å². The van der Waals surface area contributed by atoms with Crippen LogP contribution in [0.4, 0.5) is 4.79 Å². The Morgan fingerprint density at radius 1 is 1.22 bits per heavy atom. The van der Waals surface area contributed by atoms with Gasteiger partial charge >= 0.3 is 6.03 Å². The van der Waals surface area contributed by atoms with Crippen molar-refractivity contribution >= 4 is 16.1 Å². The Kier molecular flexibility index (Phi) is 2.21. The zero-order chi connectivity index (χ0) is 13.0. The number of nitrogens with zero attached hydrogens (tertiary/aromatic N) is 2. The number of benzene rings is 1. The molecule has 1 aromatic carbocycles. The number of carbonyl (C=O) groups excluding carboxylic acids is 1. The maximum atomic E-state index is 12.1. The molecule has 0 bridgehead atoms. The lowest BCUT2D eigenvalue weighted by Crippen LogP contribution is -2.35. The SMILES string of the molecule is CC1(NS(=O)(=O)c2ccc3c(c2)=NC(=O)N=3)CC1. The molecule has 1 aliphatic carbocycles. The zero-order valence-corrected chi connectivity index (χ0v) is 10.5. The molecule has 18 heavy (non-hydrogen) atoms. The first kappa shape index (κ1) is 11.5. The Hall–Kier alpha value is -1.60. The fourth-order valence-electron chi connectivity index (χ4n) is 1.76. The van der Waals surface area contributed by atoms with Crippen LogP contribution in [0.5, 0.6) is 0 Å². The van der Waals surface area contributed by atoms with Crippen molar-refractivity contribution in [1.82, 2.24) is 4.72 Å². The summed E-state index contributed by atoms with van der Waals surface area (Å²) in [5, 5.41) is 0.723. The van der Waals surface area contributed by atoms with Crippen LogP contribution in [-0.4, -0.2) is 20.0 Å². The molecule has 7 heteroatoms. The summed E-state index contributed by atoms with van der Waals surface area (Å²) in [6.45, 7) is 1.86. The molecule has 1 aliphatic heterocycles. The zero-order valence-electron chi connectivity index (χ0n) is 9.67. The van der Waals surface area contributed by atoms with Crippen molar-refractivity contribution in [2.24, 2.45) is 9.98 Å². The molecule has 2 amide bonds. The number of sulfonamides is 1. The minimum Gasteiger partial charge on any atom is -0.244 e. The van der Waals surface area contributed by atoms with Crippen molar-refractivity contribution in [3.8, 4) is 0 Å². The third-order valence-electron chi connectivity index (χ3n) is 3.07. The molecule has 3 rings (SSSR count). The van der Waals surface area contributed by atoms with E-state index in [1.165, 1.54) is 18.2 Å². The molecule has 0 radical (unpaired) electrons. The van der Waals surface area contributed by atoms with Gasteiger partial charge in [0.15, 0.2) is 0 Å². The highest BCUT2D eigenvalue weighted by Gasteiger charge is 2.41. The van der Waals surface area contributed by atoms with Crippen molar-refractivity contribution in [3.63, 3.8) is 0 Å². The maximum Gasteiger partial charge on any atom is 0.368 e. The normalized spacial score (nSPS) is 19.9. The van der Waals surface area contributed by atoms with Crippen molar-refractivity contribution in [2.45, 2.75) is 30.2 Å². The Bertz CT molecular complexity index is 763. The quantitative estimate of drug-likeness (QED) is 0.827. The number of hydrogen-bond acceptors (Lipinski definition) is 3. The highest BCUT2D eigenvalue weighted by Crippen LogP contribution is 2.35. The van der Waals surface area contributed by atoms with Crippen LogP contribution in [-0.2, 0) is 10.0 Å². The number of urea groups is 1. The molecule has 94 valence electrons. The predicted octanol–water partition coefficient (Wildman–Crippen LogP) is -0.110. The number of hydrogen-bond donors (Lipinski definition) is 1. The molecule has 0 saturated heterocycles.